The molecule has 3 rings (SSSR count). The van der Waals surface area contributed by atoms with Gasteiger partial charge >= 0.3 is 12.3 Å². The first-order valence-electron chi connectivity index (χ1n) is 7.96. The van der Waals surface area contributed by atoms with Crippen molar-refractivity contribution in [3.05, 3.63) is 75.0 Å². The van der Waals surface area contributed by atoms with E-state index in [-0.39, 0.29) is 17.3 Å². The first-order valence-corrected chi connectivity index (χ1v) is 9.09. The summed E-state index contributed by atoms with van der Waals surface area (Å²) in [6.07, 6.45) is -5.09. The SMILES string of the molecule is O=C(NCc1ccc(Cl)c(Cl)c1)Oc1cnn(-c2ccc(Cl)cc2)c1C(F)(F)F. The summed E-state index contributed by atoms with van der Waals surface area (Å²) in [5.41, 5.74) is -0.540. The van der Waals surface area contributed by atoms with Crippen molar-refractivity contribution in [2.45, 2.75) is 12.7 Å². The first kappa shape index (κ1) is 21.3. The Balaban J connectivity index is 1.78. The molecule has 0 saturated heterocycles. The Kier molecular flexibility index (Phi) is 6.26. The molecule has 5 nitrogen and oxygen atoms in total. The number of nitrogens with zero attached hydrogens (tertiary/aromatic N) is 2. The van der Waals surface area contributed by atoms with Crippen LogP contribution in [0.3, 0.4) is 0 Å². The summed E-state index contributed by atoms with van der Waals surface area (Å²) in [6.45, 7) is -0.0254. The molecule has 11 heteroatoms. The summed E-state index contributed by atoms with van der Waals surface area (Å²) < 4.78 is 46.2. The fourth-order valence-corrected chi connectivity index (χ4v) is 2.85. The van der Waals surface area contributed by atoms with Crippen LogP contribution in [0.2, 0.25) is 15.1 Å². The molecule has 0 fully saturated rings. The van der Waals surface area contributed by atoms with E-state index in [1.54, 1.807) is 6.07 Å². The molecule has 0 unspecified atom stereocenters. The first-order chi connectivity index (χ1) is 13.6. The number of alkyl halides is 3. The van der Waals surface area contributed by atoms with Gasteiger partial charge in [0.15, 0.2) is 11.4 Å². The van der Waals surface area contributed by atoms with E-state index in [0.717, 1.165) is 6.20 Å². The van der Waals surface area contributed by atoms with Crippen molar-refractivity contribution in [2.75, 3.05) is 0 Å². The second-order valence-corrected chi connectivity index (χ2v) is 6.99. The van der Waals surface area contributed by atoms with Crippen LogP contribution in [0.1, 0.15) is 11.3 Å². The summed E-state index contributed by atoms with van der Waals surface area (Å²) in [7, 11) is 0. The lowest BCUT2D eigenvalue weighted by Crippen LogP contribution is -2.27. The van der Waals surface area contributed by atoms with Gasteiger partial charge in [0.1, 0.15) is 0 Å². The molecular formula is C18H11Cl3F3N3O2. The summed E-state index contributed by atoms with van der Waals surface area (Å²) in [6, 6.07) is 10.2. The highest BCUT2D eigenvalue weighted by Crippen LogP contribution is 2.37. The van der Waals surface area contributed by atoms with Crippen LogP contribution in [0.25, 0.3) is 5.69 Å². The normalized spacial score (nSPS) is 11.4. The van der Waals surface area contributed by atoms with Gasteiger partial charge in [0.2, 0.25) is 0 Å². The topological polar surface area (TPSA) is 56.1 Å². The number of carbonyl (C=O) groups is 1. The molecule has 0 aliphatic rings. The molecule has 0 aliphatic carbocycles. The van der Waals surface area contributed by atoms with E-state index in [1.807, 2.05) is 0 Å². The third-order valence-electron chi connectivity index (χ3n) is 3.70. The van der Waals surface area contributed by atoms with Gasteiger partial charge in [-0.1, -0.05) is 40.9 Å². The third kappa shape index (κ3) is 5.14. The molecule has 2 aromatic carbocycles. The van der Waals surface area contributed by atoms with Gasteiger partial charge in [-0.15, -0.1) is 0 Å². The number of benzene rings is 2. The fraction of sp³-hybridized carbons (Fsp3) is 0.111. The number of carbonyl (C=O) groups excluding carboxylic acids is 1. The van der Waals surface area contributed by atoms with Crippen molar-refractivity contribution in [1.29, 1.82) is 0 Å². The number of amides is 1. The maximum atomic E-state index is 13.6. The lowest BCUT2D eigenvalue weighted by Gasteiger charge is -2.13. The maximum Gasteiger partial charge on any atom is 0.437 e. The highest BCUT2D eigenvalue weighted by Gasteiger charge is 2.40. The largest absolute Gasteiger partial charge is 0.437 e. The van der Waals surface area contributed by atoms with Gasteiger partial charge in [-0.3, -0.25) is 0 Å². The Hall–Kier alpha value is -2.42. The van der Waals surface area contributed by atoms with Crippen LogP contribution in [0.15, 0.2) is 48.7 Å². The minimum atomic E-state index is -4.82. The Morgan fingerprint density at radius 3 is 2.38 bits per heavy atom. The molecule has 0 saturated carbocycles. The highest BCUT2D eigenvalue weighted by molar-refractivity contribution is 6.42. The van der Waals surface area contributed by atoms with E-state index < -0.39 is 23.7 Å². The summed E-state index contributed by atoms with van der Waals surface area (Å²) in [5, 5.41) is 7.01. The van der Waals surface area contributed by atoms with E-state index in [0.29, 0.717) is 20.3 Å². The number of nitrogens with one attached hydrogen (secondary N) is 1. The number of halogens is 6. The summed E-state index contributed by atoms with van der Waals surface area (Å²) >= 11 is 17.4. The number of hydrogen-bond acceptors (Lipinski definition) is 3. The molecule has 152 valence electrons. The molecule has 1 N–H and O–H groups in total. The molecule has 0 bridgehead atoms. The number of hydrogen-bond donors (Lipinski definition) is 1. The number of rotatable bonds is 4. The second kappa shape index (κ2) is 8.52. The van der Waals surface area contributed by atoms with Crippen molar-refractivity contribution in [3.63, 3.8) is 0 Å². The monoisotopic (exact) mass is 463 g/mol. The van der Waals surface area contributed by atoms with Crippen LogP contribution in [-0.4, -0.2) is 15.9 Å². The zero-order chi connectivity index (χ0) is 21.2. The van der Waals surface area contributed by atoms with Gasteiger partial charge in [0.25, 0.3) is 0 Å². The quantitative estimate of drug-likeness (QED) is 0.504. The summed E-state index contributed by atoms with van der Waals surface area (Å²) in [5.74, 6) is -0.737. The minimum absolute atomic E-state index is 0.0254. The van der Waals surface area contributed by atoms with Gasteiger partial charge in [0.05, 0.1) is 21.9 Å². The lowest BCUT2D eigenvalue weighted by molar-refractivity contribution is -0.143. The van der Waals surface area contributed by atoms with Crippen molar-refractivity contribution < 1.29 is 22.7 Å². The highest BCUT2D eigenvalue weighted by atomic mass is 35.5. The molecule has 0 atom stereocenters. The zero-order valence-corrected chi connectivity index (χ0v) is 16.6. The molecule has 0 radical (unpaired) electrons. The van der Waals surface area contributed by atoms with Crippen molar-refractivity contribution in [1.82, 2.24) is 15.1 Å². The van der Waals surface area contributed by atoms with Crippen molar-refractivity contribution >= 4 is 40.9 Å². The maximum absolute atomic E-state index is 13.6. The van der Waals surface area contributed by atoms with Crippen LogP contribution < -0.4 is 10.1 Å². The number of ether oxygens (including phenoxy) is 1. The Morgan fingerprint density at radius 1 is 1.07 bits per heavy atom. The second-order valence-electron chi connectivity index (χ2n) is 5.73. The van der Waals surface area contributed by atoms with E-state index >= 15 is 0 Å². The van der Waals surface area contributed by atoms with Crippen LogP contribution >= 0.6 is 34.8 Å². The minimum Gasteiger partial charge on any atom is -0.406 e. The van der Waals surface area contributed by atoms with E-state index in [4.69, 9.17) is 39.5 Å². The van der Waals surface area contributed by atoms with Crippen LogP contribution in [-0.2, 0) is 12.7 Å². The Bertz CT molecular complexity index is 1040. The smallest absolute Gasteiger partial charge is 0.406 e. The molecule has 0 aliphatic heterocycles. The molecule has 29 heavy (non-hydrogen) atoms. The summed E-state index contributed by atoms with van der Waals surface area (Å²) in [4.78, 5) is 12.0. The molecule has 1 amide bonds. The lowest BCUT2D eigenvalue weighted by atomic mass is 10.2. The van der Waals surface area contributed by atoms with Gasteiger partial charge in [-0.25, -0.2) is 9.48 Å². The van der Waals surface area contributed by atoms with Gasteiger partial charge < -0.3 is 10.1 Å². The van der Waals surface area contributed by atoms with Gasteiger partial charge in [-0.05, 0) is 42.0 Å². The fourth-order valence-electron chi connectivity index (χ4n) is 2.41. The Morgan fingerprint density at radius 2 is 1.76 bits per heavy atom. The third-order valence-corrected chi connectivity index (χ3v) is 4.69. The average Bonchev–Trinajstić information content (AvgIpc) is 3.07. The van der Waals surface area contributed by atoms with E-state index in [2.05, 4.69) is 10.4 Å². The van der Waals surface area contributed by atoms with Crippen LogP contribution in [0.4, 0.5) is 18.0 Å². The van der Waals surface area contributed by atoms with Gasteiger partial charge in [-0.2, -0.15) is 18.3 Å². The molecule has 0 spiro atoms. The zero-order valence-electron chi connectivity index (χ0n) is 14.3. The van der Waals surface area contributed by atoms with Crippen LogP contribution in [0, 0.1) is 0 Å². The van der Waals surface area contributed by atoms with Crippen LogP contribution in [0.5, 0.6) is 5.75 Å². The molecular weight excluding hydrogens is 454 g/mol. The van der Waals surface area contributed by atoms with Gasteiger partial charge in [0, 0.05) is 11.6 Å². The molecule has 1 aromatic heterocycles. The predicted molar refractivity (Wildman–Crippen MR) is 103 cm³/mol. The predicted octanol–water partition coefficient (Wildman–Crippen LogP) is 6.14. The van der Waals surface area contributed by atoms with E-state index in [9.17, 15) is 18.0 Å². The molecule has 1 heterocycles. The number of aromatic nitrogens is 2. The van der Waals surface area contributed by atoms with Crippen molar-refractivity contribution in [2.24, 2.45) is 0 Å². The van der Waals surface area contributed by atoms with E-state index in [1.165, 1.54) is 36.4 Å². The van der Waals surface area contributed by atoms with Crippen molar-refractivity contribution in [3.8, 4) is 11.4 Å². The standard InChI is InChI=1S/C18H11Cl3F3N3O2/c19-11-2-4-12(5-3-11)27-16(18(22,23)24)15(9-26-27)29-17(28)25-8-10-1-6-13(20)14(21)7-10/h1-7,9H,8H2,(H,25,28). The Labute approximate surface area is 177 Å². The average molecular weight is 465 g/mol. The molecule has 3 aromatic rings.